The average molecular weight is 197 g/mol. The highest BCUT2D eigenvalue weighted by Gasteiger charge is 2.43. The van der Waals surface area contributed by atoms with Crippen LogP contribution >= 0.6 is 11.3 Å². The maximum absolute atomic E-state index is 10.1. The molecule has 1 aromatic rings. The molecular formula is C10H15NOS. The van der Waals surface area contributed by atoms with Crippen molar-refractivity contribution in [2.24, 2.45) is 11.1 Å². The summed E-state index contributed by atoms with van der Waals surface area (Å²) in [6.07, 6.45) is 3.01. The third kappa shape index (κ3) is 1.41. The molecule has 2 nitrogen and oxygen atoms in total. The lowest BCUT2D eigenvalue weighted by atomic mass is 9.65. The monoisotopic (exact) mass is 197 g/mol. The zero-order valence-electron chi connectivity index (χ0n) is 7.57. The molecule has 2 rings (SSSR count). The van der Waals surface area contributed by atoms with E-state index in [1.807, 2.05) is 17.5 Å². The maximum atomic E-state index is 10.1. The standard InChI is InChI=1S/C10H15NOS/c11-7-10(4-2-5-10)9(12)8-3-1-6-13-8/h1,3,6,9,12H,2,4-5,7,11H2. The quantitative estimate of drug-likeness (QED) is 0.777. The van der Waals surface area contributed by atoms with Crippen molar-refractivity contribution in [1.82, 2.24) is 0 Å². The van der Waals surface area contributed by atoms with Gasteiger partial charge in [-0.25, -0.2) is 0 Å². The minimum atomic E-state index is -0.341. The Balaban J connectivity index is 2.16. The molecule has 1 fully saturated rings. The van der Waals surface area contributed by atoms with Gasteiger partial charge < -0.3 is 10.8 Å². The van der Waals surface area contributed by atoms with Crippen molar-refractivity contribution < 1.29 is 5.11 Å². The Morgan fingerprint density at radius 3 is 2.77 bits per heavy atom. The molecule has 0 radical (unpaired) electrons. The van der Waals surface area contributed by atoms with E-state index in [1.165, 1.54) is 6.42 Å². The summed E-state index contributed by atoms with van der Waals surface area (Å²) in [7, 11) is 0. The predicted octanol–water partition coefficient (Wildman–Crippen LogP) is 1.91. The fraction of sp³-hybridized carbons (Fsp3) is 0.600. The van der Waals surface area contributed by atoms with Crippen molar-refractivity contribution >= 4 is 11.3 Å². The predicted molar refractivity (Wildman–Crippen MR) is 54.6 cm³/mol. The first-order valence-electron chi connectivity index (χ1n) is 4.70. The van der Waals surface area contributed by atoms with Crippen LogP contribution in [0.3, 0.4) is 0 Å². The van der Waals surface area contributed by atoms with Crippen molar-refractivity contribution in [2.75, 3.05) is 6.54 Å². The van der Waals surface area contributed by atoms with Crippen LogP contribution in [0.5, 0.6) is 0 Å². The molecule has 0 amide bonds. The highest BCUT2D eigenvalue weighted by molar-refractivity contribution is 7.10. The molecule has 0 saturated heterocycles. The number of hydrogen-bond acceptors (Lipinski definition) is 3. The molecule has 1 saturated carbocycles. The number of hydrogen-bond donors (Lipinski definition) is 2. The van der Waals surface area contributed by atoms with Crippen molar-refractivity contribution in [1.29, 1.82) is 0 Å². The van der Waals surface area contributed by atoms with Gasteiger partial charge in [-0.1, -0.05) is 12.5 Å². The van der Waals surface area contributed by atoms with E-state index in [-0.39, 0.29) is 11.5 Å². The molecule has 1 atom stereocenters. The number of nitrogens with two attached hydrogens (primary N) is 1. The first-order chi connectivity index (χ1) is 6.28. The topological polar surface area (TPSA) is 46.2 Å². The molecule has 0 bridgehead atoms. The Kier molecular flexibility index (Phi) is 2.41. The van der Waals surface area contributed by atoms with Gasteiger partial charge in [0.15, 0.2) is 0 Å². The molecule has 1 aliphatic rings. The Morgan fingerprint density at radius 1 is 1.62 bits per heavy atom. The second-order valence-electron chi connectivity index (χ2n) is 3.84. The molecule has 3 N–H and O–H groups in total. The SMILES string of the molecule is NCC1(C(O)c2cccs2)CCC1. The average Bonchev–Trinajstić information content (AvgIpc) is 2.54. The van der Waals surface area contributed by atoms with Crippen molar-refractivity contribution in [3.05, 3.63) is 22.4 Å². The van der Waals surface area contributed by atoms with E-state index >= 15 is 0 Å². The summed E-state index contributed by atoms with van der Waals surface area (Å²) in [5, 5.41) is 12.1. The van der Waals surface area contributed by atoms with Gasteiger partial charge >= 0.3 is 0 Å². The first kappa shape index (κ1) is 9.19. The summed E-state index contributed by atoms with van der Waals surface area (Å²) in [5.41, 5.74) is 5.71. The van der Waals surface area contributed by atoms with Crippen molar-refractivity contribution in [2.45, 2.75) is 25.4 Å². The van der Waals surface area contributed by atoms with Crippen LogP contribution in [0.15, 0.2) is 17.5 Å². The lowest BCUT2D eigenvalue weighted by Gasteiger charge is -2.44. The summed E-state index contributed by atoms with van der Waals surface area (Å²) in [4.78, 5) is 1.06. The zero-order chi connectivity index (χ0) is 9.31. The highest BCUT2D eigenvalue weighted by Crippen LogP contribution is 2.50. The van der Waals surface area contributed by atoms with Crippen molar-refractivity contribution in [3.8, 4) is 0 Å². The van der Waals surface area contributed by atoms with Gasteiger partial charge in [-0.15, -0.1) is 11.3 Å². The number of thiophene rings is 1. The number of aliphatic hydroxyl groups excluding tert-OH is 1. The van der Waals surface area contributed by atoms with Crippen LogP contribution in [0.2, 0.25) is 0 Å². The Hall–Kier alpha value is -0.380. The molecule has 0 spiro atoms. The lowest BCUT2D eigenvalue weighted by Crippen LogP contribution is -2.42. The third-order valence-electron chi connectivity index (χ3n) is 3.15. The minimum Gasteiger partial charge on any atom is -0.387 e. The van der Waals surface area contributed by atoms with Crippen LogP contribution in [-0.2, 0) is 0 Å². The van der Waals surface area contributed by atoms with E-state index in [9.17, 15) is 5.11 Å². The molecule has 1 unspecified atom stereocenters. The minimum absolute atomic E-state index is 0.00907. The van der Waals surface area contributed by atoms with Gasteiger partial charge in [-0.2, -0.15) is 0 Å². The second-order valence-corrected chi connectivity index (χ2v) is 4.82. The van der Waals surface area contributed by atoms with Gasteiger partial charge in [-0.3, -0.25) is 0 Å². The van der Waals surface area contributed by atoms with Crippen LogP contribution in [-0.4, -0.2) is 11.7 Å². The molecule has 1 heterocycles. The number of rotatable bonds is 3. The Bertz CT molecular complexity index is 261. The van der Waals surface area contributed by atoms with E-state index in [2.05, 4.69) is 0 Å². The van der Waals surface area contributed by atoms with E-state index in [0.717, 1.165) is 17.7 Å². The molecule has 72 valence electrons. The van der Waals surface area contributed by atoms with Crippen LogP contribution in [0.1, 0.15) is 30.2 Å². The van der Waals surface area contributed by atoms with Gasteiger partial charge in [0.05, 0.1) is 6.10 Å². The zero-order valence-corrected chi connectivity index (χ0v) is 8.39. The third-order valence-corrected chi connectivity index (χ3v) is 4.07. The van der Waals surface area contributed by atoms with Crippen LogP contribution in [0.4, 0.5) is 0 Å². The summed E-state index contributed by atoms with van der Waals surface area (Å²) < 4.78 is 0. The maximum Gasteiger partial charge on any atom is 0.0949 e. The summed E-state index contributed by atoms with van der Waals surface area (Å²) in [5.74, 6) is 0. The molecule has 0 aromatic carbocycles. The largest absolute Gasteiger partial charge is 0.387 e. The first-order valence-corrected chi connectivity index (χ1v) is 5.58. The molecular weight excluding hydrogens is 182 g/mol. The van der Waals surface area contributed by atoms with E-state index in [0.29, 0.717) is 6.54 Å². The van der Waals surface area contributed by atoms with Gasteiger partial charge in [0, 0.05) is 16.8 Å². The molecule has 1 aliphatic carbocycles. The molecule has 0 aliphatic heterocycles. The van der Waals surface area contributed by atoms with E-state index in [1.54, 1.807) is 11.3 Å². The van der Waals surface area contributed by atoms with Crippen LogP contribution in [0, 0.1) is 5.41 Å². The van der Waals surface area contributed by atoms with Gasteiger partial charge in [0.2, 0.25) is 0 Å². The number of aliphatic hydroxyl groups is 1. The van der Waals surface area contributed by atoms with Gasteiger partial charge in [0.1, 0.15) is 0 Å². The Labute approximate surface area is 82.4 Å². The molecule has 1 aromatic heterocycles. The lowest BCUT2D eigenvalue weighted by molar-refractivity contribution is -0.0274. The summed E-state index contributed by atoms with van der Waals surface area (Å²) in [6, 6.07) is 3.97. The summed E-state index contributed by atoms with van der Waals surface area (Å²) in [6.45, 7) is 0.603. The van der Waals surface area contributed by atoms with Crippen LogP contribution in [0.25, 0.3) is 0 Å². The second kappa shape index (κ2) is 3.40. The van der Waals surface area contributed by atoms with Gasteiger partial charge in [0.25, 0.3) is 0 Å². The fourth-order valence-electron chi connectivity index (χ4n) is 1.97. The molecule has 3 heteroatoms. The van der Waals surface area contributed by atoms with Crippen molar-refractivity contribution in [3.63, 3.8) is 0 Å². The normalized spacial score (nSPS) is 22.3. The van der Waals surface area contributed by atoms with Gasteiger partial charge in [-0.05, 0) is 24.3 Å². The van der Waals surface area contributed by atoms with E-state index < -0.39 is 0 Å². The Morgan fingerprint density at radius 2 is 2.38 bits per heavy atom. The van der Waals surface area contributed by atoms with E-state index in [4.69, 9.17) is 5.73 Å². The summed E-state index contributed by atoms with van der Waals surface area (Å²) >= 11 is 1.62. The smallest absolute Gasteiger partial charge is 0.0949 e. The van der Waals surface area contributed by atoms with Crippen LogP contribution < -0.4 is 5.73 Å². The fourth-order valence-corrected chi connectivity index (χ4v) is 2.82. The molecule has 13 heavy (non-hydrogen) atoms. The highest BCUT2D eigenvalue weighted by atomic mass is 32.1.